The molecule has 4 rings (SSSR count). The number of hydrogen-bond acceptors (Lipinski definition) is 3. The summed E-state index contributed by atoms with van der Waals surface area (Å²) >= 11 is 0. The van der Waals surface area contributed by atoms with Gasteiger partial charge >= 0.3 is 0 Å². The molecule has 2 fully saturated rings. The summed E-state index contributed by atoms with van der Waals surface area (Å²) in [5, 5.41) is 0. The Balaban J connectivity index is 1.35. The van der Waals surface area contributed by atoms with E-state index in [0.717, 1.165) is 44.9 Å². The molecule has 158 valence electrons. The Bertz CT molecular complexity index is 861. The molecule has 6 heteroatoms. The van der Waals surface area contributed by atoms with Gasteiger partial charge in [0, 0.05) is 5.56 Å². The van der Waals surface area contributed by atoms with Crippen molar-refractivity contribution in [2.45, 2.75) is 32.4 Å². The summed E-state index contributed by atoms with van der Waals surface area (Å²) in [5.74, 6) is 0.599. The molecule has 0 aromatic heterocycles. The fourth-order valence-corrected chi connectivity index (χ4v) is 4.47. The van der Waals surface area contributed by atoms with Crippen LogP contribution in [0.4, 0.5) is 5.69 Å². The van der Waals surface area contributed by atoms with Crippen LogP contribution in [0.5, 0.6) is 5.75 Å². The van der Waals surface area contributed by atoms with Crippen LogP contribution in [-0.4, -0.2) is 50.6 Å². The van der Waals surface area contributed by atoms with Gasteiger partial charge in [0.15, 0.2) is 6.04 Å². The minimum absolute atomic E-state index is 0.0660. The average molecular weight is 410 g/mol. The van der Waals surface area contributed by atoms with Crippen molar-refractivity contribution in [3.8, 4) is 5.75 Å². The number of piperazine rings is 1. The van der Waals surface area contributed by atoms with Gasteiger partial charge in [-0.1, -0.05) is 37.3 Å². The number of imide groups is 1. The van der Waals surface area contributed by atoms with Gasteiger partial charge in [0.1, 0.15) is 38.5 Å². The highest BCUT2D eigenvalue weighted by molar-refractivity contribution is 6.21. The monoisotopic (exact) mass is 409 g/mol. The van der Waals surface area contributed by atoms with Gasteiger partial charge in [-0.25, -0.2) is 4.90 Å². The molecule has 2 aromatic carbocycles. The van der Waals surface area contributed by atoms with Crippen LogP contribution in [0.2, 0.25) is 0 Å². The number of nitrogens with zero attached hydrogens (tertiary/aromatic N) is 1. The van der Waals surface area contributed by atoms with Crippen LogP contribution < -0.4 is 19.4 Å². The van der Waals surface area contributed by atoms with Crippen LogP contribution >= 0.6 is 0 Å². The van der Waals surface area contributed by atoms with E-state index in [1.807, 2.05) is 18.2 Å². The van der Waals surface area contributed by atoms with Gasteiger partial charge in [-0.15, -0.1) is 0 Å². The fourth-order valence-electron chi connectivity index (χ4n) is 4.47. The molecule has 6 nitrogen and oxygen atoms in total. The van der Waals surface area contributed by atoms with E-state index in [1.165, 1.54) is 15.4 Å². The second-order valence-corrected chi connectivity index (χ2v) is 8.24. The third-order valence-corrected chi connectivity index (χ3v) is 6.10. The van der Waals surface area contributed by atoms with E-state index in [-0.39, 0.29) is 17.9 Å². The molecule has 0 spiro atoms. The van der Waals surface area contributed by atoms with E-state index in [4.69, 9.17) is 4.74 Å². The molecule has 0 unspecified atom stereocenters. The molecule has 0 bridgehead atoms. The quantitative estimate of drug-likeness (QED) is 0.638. The van der Waals surface area contributed by atoms with Crippen molar-refractivity contribution < 1.29 is 24.1 Å². The minimum Gasteiger partial charge on any atom is -0.494 e. The van der Waals surface area contributed by atoms with Crippen molar-refractivity contribution in [1.82, 2.24) is 0 Å². The zero-order chi connectivity index (χ0) is 20.9. The van der Waals surface area contributed by atoms with Crippen LogP contribution in [0, 0.1) is 0 Å². The number of ether oxygens (including phenoxy) is 1. The van der Waals surface area contributed by atoms with Gasteiger partial charge in [0.05, 0.1) is 18.7 Å². The summed E-state index contributed by atoms with van der Waals surface area (Å²) in [7, 11) is 0. The number of benzene rings is 2. The first kappa shape index (κ1) is 20.6. The number of rotatable bonds is 7. The highest BCUT2D eigenvalue weighted by atomic mass is 16.5. The number of amides is 2. The molecular weight excluding hydrogens is 378 g/mol. The molecule has 2 amide bonds. The molecule has 1 atom stereocenters. The molecule has 2 aromatic rings. The van der Waals surface area contributed by atoms with Crippen LogP contribution in [-0.2, 0) is 16.1 Å². The van der Waals surface area contributed by atoms with Crippen LogP contribution in [0.1, 0.15) is 25.3 Å². The molecule has 2 saturated heterocycles. The zero-order valence-corrected chi connectivity index (χ0v) is 17.6. The number of nitrogens with one attached hydrogen (secondary N) is 2. The highest BCUT2D eigenvalue weighted by Gasteiger charge is 2.46. The molecule has 2 aliphatic rings. The lowest BCUT2D eigenvalue weighted by molar-refractivity contribution is -1.02. The van der Waals surface area contributed by atoms with E-state index in [2.05, 4.69) is 31.2 Å². The number of quaternary nitrogens is 2. The normalized spacial score (nSPS) is 24.3. The molecule has 2 aliphatic heterocycles. The van der Waals surface area contributed by atoms with Crippen LogP contribution in [0.25, 0.3) is 0 Å². The Morgan fingerprint density at radius 3 is 2.33 bits per heavy atom. The lowest BCUT2D eigenvalue weighted by atomic mass is 10.1. The largest absolute Gasteiger partial charge is 0.494 e. The molecule has 0 aliphatic carbocycles. The average Bonchev–Trinajstić information content (AvgIpc) is 3.08. The number of carbonyl (C=O) groups excluding carboxylic acids is 2. The first-order valence-corrected chi connectivity index (χ1v) is 11.0. The molecule has 30 heavy (non-hydrogen) atoms. The van der Waals surface area contributed by atoms with Gasteiger partial charge in [0.2, 0.25) is 5.91 Å². The maximum Gasteiger partial charge on any atom is 0.292 e. The lowest BCUT2D eigenvalue weighted by Gasteiger charge is -2.32. The van der Waals surface area contributed by atoms with Gasteiger partial charge in [0.25, 0.3) is 5.91 Å². The number of carbonyl (C=O) groups is 2. The second-order valence-electron chi connectivity index (χ2n) is 8.24. The predicted molar refractivity (Wildman–Crippen MR) is 115 cm³/mol. The Kier molecular flexibility index (Phi) is 6.45. The van der Waals surface area contributed by atoms with Gasteiger partial charge in [-0.2, -0.15) is 0 Å². The maximum atomic E-state index is 13.1. The number of hydrogen-bond donors (Lipinski definition) is 2. The topological polar surface area (TPSA) is 55.5 Å². The molecule has 0 radical (unpaired) electrons. The number of anilines is 1. The van der Waals surface area contributed by atoms with Gasteiger partial charge < -0.3 is 14.5 Å². The van der Waals surface area contributed by atoms with Crippen molar-refractivity contribution in [1.29, 1.82) is 0 Å². The summed E-state index contributed by atoms with van der Waals surface area (Å²) in [6.45, 7) is 7.61. The SMILES string of the molecule is CCCOc1ccc(N2C(=O)C[C@H]([NH+]3CC[NH+](Cc4ccccc4)CC3)C2=O)cc1. The van der Waals surface area contributed by atoms with Crippen molar-refractivity contribution in [3.63, 3.8) is 0 Å². The third kappa shape index (κ3) is 4.55. The van der Waals surface area contributed by atoms with Crippen molar-refractivity contribution >= 4 is 17.5 Å². The summed E-state index contributed by atoms with van der Waals surface area (Å²) in [5.41, 5.74) is 1.99. The van der Waals surface area contributed by atoms with E-state index in [1.54, 1.807) is 17.0 Å². The fraction of sp³-hybridized carbons (Fsp3) is 0.417. The molecule has 2 N–H and O–H groups in total. The zero-order valence-electron chi connectivity index (χ0n) is 17.6. The van der Waals surface area contributed by atoms with Crippen molar-refractivity contribution in [2.75, 3.05) is 37.7 Å². The highest BCUT2D eigenvalue weighted by Crippen LogP contribution is 2.24. The minimum atomic E-state index is -0.258. The van der Waals surface area contributed by atoms with E-state index in [9.17, 15) is 9.59 Å². The first-order chi connectivity index (χ1) is 14.7. The summed E-state index contributed by atoms with van der Waals surface area (Å²) < 4.78 is 5.60. The molecular formula is C24H31N3O3+2. The van der Waals surface area contributed by atoms with E-state index >= 15 is 0 Å². The Hall–Kier alpha value is -2.70. The van der Waals surface area contributed by atoms with Crippen molar-refractivity contribution in [3.05, 3.63) is 60.2 Å². The Morgan fingerprint density at radius 1 is 0.967 bits per heavy atom. The Labute approximate surface area is 178 Å². The smallest absolute Gasteiger partial charge is 0.292 e. The summed E-state index contributed by atoms with van der Waals surface area (Å²) in [6, 6.07) is 17.6. The molecule has 0 saturated carbocycles. The van der Waals surface area contributed by atoms with E-state index in [0.29, 0.717) is 18.7 Å². The van der Waals surface area contributed by atoms with Gasteiger partial charge in [-0.3, -0.25) is 9.59 Å². The predicted octanol–water partition coefficient (Wildman–Crippen LogP) is 0.0909. The molecule has 2 heterocycles. The van der Waals surface area contributed by atoms with Gasteiger partial charge in [-0.05, 0) is 30.7 Å². The Morgan fingerprint density at radius 2 is 1.67 bits per heavy atom. The lowest BCUT2D eigenvalue weighted by Crippen LogP contribution is -3.29. The summed E-state index contributed by atoms with van der Waals surface area (Å²) in [4.78, 5) is 29.9. The van der Waals surface area contributed by atoms with Crippen LogP contribution in [0.15, 0.2) is 54.6 Å². The standard InChI is InChI=1S/C24H29N3O3/c1-2-16-30-21-10-8-20(9-11-21)27-23(28)17-22(24(27)29)26-14-12-25(13-15-26)18-19-6-4-3-5-7-19/h3-11,22H,2,12-18H2,1H3/p+2/t22-/m0/s1. The third-order valence-electron chi connectivity index (χ3n) is 6.10. The van der Waals surface area contributed by atoms with E-state index < -0.39 is 0 Å². The first-order valence-electron chi connectivity index (χ1n) is 11.0. The van der Waals surface area contributed by atoms with Crippen LogP contribution in [0.3, 0.4) is 0 Å². The second kappa shape index (κ2) is 9.41. The maximum absolute atomic E-state index is 13.1. The summed E-state index contributed by atoms with van der Waals surface area (Å²) in [6.07, 6.45) is 1.24. The van der Waals surface area contributed by atoms with Crippen molar-refractivity contribution in [2.24, 2.45) is 0 Å².